The van der Waals surface area contributed by atoms with Gasteiger partial charge in [0.15, 0.2) is 0 Å². The van der Waals surface area contributed by atoms with E-state index in [1.807, 2.05) is 12.5 Å². The molecule has 0 heterocycles. The van der Waals surface area contributed by atoms with Crippen molar-refractivity contribution in [2.45, 2.75) is 91.9 Å². The number of ether oxygens (including phenoxy) is 2. The number of fused-ring (bicyclic) bond motifs is 2. The van der Waals surface area contributed by atoms with Crippen LogP contribution in [0.5, 0.6) is 11.5 Å². The highest BCUT2D eigenvalue weighted by molar-refractivity contribution is 6.13. The number of benzene rings is 3. The second kappa shape index (κ2) is 13.8. The van der Waals surface area contributed by atoms with E-state index in [1.165, 1.54) is 62.5 Å². The van der Waals surface area contributed by atoms with E-state index in [0.29, 0.717) is 0 Å². The Balaban J connectivity index is 1.95. The molecule has 3 aromatic rings. The lowest BCUT2D eigenvalue weighted by Crippen LogP contribution is -1.95. The maximum absolute atomic E-state index is 6.36. The fourth-order valence-corrected chi connectivity index (χ4v) is 4.58. The minimum Gasteiger partial charge on any atom is -0.464 e. The van der Waals surface area contributed by atoms with E-state index in [-0.39, 0.29) is 0 Å². The van der Waals surface area contributed by atoms with E-state index in [4.69, 9.17) is 9.47 Å². The summed E-state index contributed by atoms with van der Waals surface area (Å²) in [5, 5.41) is 4.46. The number of rotatable bonds is 14. The quantitative estimate of drug-likeness (QED) is 0.136. The molecule has 0 saturated carbocycles. The van der Waals surface area contributed by atoms with Crippen LogP contribution in [0.25, 0.3) is 21.5 Å². The van der Waals surface area contributed by atoms with Crippen LogP contribution < -0.4 is 9.47 Å². The molecule has 3 aromatic carbocycles. The van der Waals surface area contributed by atoms with Gasteiger partial charge in [-0.3, -0.25) is 0 Å². The molecule has 0 spiro atoms. The lowest BCUT2D eigenvalue weighted by molar-refractivity contribution is 0.480. The summed E-state index contributed by atoms with van der Waals surface area (Å²) in [5.74, 6) is 1.85. The maximum atomic E-state index is 6.36. The Hall–Kier alpha value is -2.74. The molecule has 0 bridgehead atoms. The number of unbranched alkanes of at least 4 members (excludes halogenated alkanes) is 8. The monoisotopic (exact) mass is 458 g/mol. The van der Waals surface area contributed by atoms with Crippen molar-refractivity contribution in [3.63, 3.8) is 0 Å². The Morgan fingerprint density at radius 2 is 1.03 bits per heavy atom. The fraction of sp³-hybridized carbons (Fsp3) is 0.438. The van der Waals surface area contributed by atoms with Crippen LogP contribution in [0.2, 0.25) is 0 Å². The van der Waals surface area contributed by atoms with Gasteiger partial charge in [0.25, 0.3) is 0 Å². The summed E-state index contributed by atoms with van der Waals surface area (Å²) < 4.78 is 12.7. The van der Waals surface area contributed by atoms with E-state index in [0.717, 1.165) is 45.9 Å². The van der Waals surface area contributed by atoms with Crippen LogP contribution in [-0.4, -0.2) is 0 Å². The summed E-state index contributed by atoms with van der Waals surface area (Å²) in [7, 11) is 0. The van der Waals surface area contributed by atoms with E-state index >= 15 is 0 Å². The first kappa shape index (κ1) is 25.9. The summed E-state index contributed by atoms with van der Waals surface area (Å²) in [6.07, 6.45) is 20.3. The Labute approximate surface area is 206 Å². The van der Waals surface area contributed by atoms with Gasteiger partial charge in [0, 0.05) is 21.5 Å². The molecule has 0 unspecified atom stereocenters. The van der Waals surface area contributed by atoms with Crippen LogP contribution in [0, 0.1) is 13.8 Å². The highest BCUT2D eigenvalue weighted by Crippen LogP contribution is 2.45. The molecule has 182 valence electrons. The molecule has 0 fully saturated rings. The Morgan fingerprint density at radius 3 is 1.44 bits per heavy atom. The highest BCUT2D eigenvalue weighted by atomic mass is 16.5. The molecule has 34 heavy (non-hydrogen) atoms. The van der Waals surface area contributed by atoms with Crippen molar-refractivity contribution in [3.05, 3.63) is 72.2 Å². The lowest BCUT2D eigenvalue weighted by atomic mass is 9.95. The van der Waals surface area contributed by atoms with Gasteiger partial charge in [-0.25, -0.2) is 0 Å². The fourth-order valence-electron chi connectivity index (χ4n) is 4.58. The van der Waals surface area contributed by atoms with E-state index in [1.54, 1.807) is 0 Å². The summed E-state index contributed by atoms with van der Waals surface area (Å²) in [5.41, 5.74) is 2.39. The molecule has 3 rings (SSSR count). The predicted octanol–water partition coefficient (Wildman–Crippen LogP) is 10.3. The zero-order chi connectivity index (χ0) is 24.2. The van der Waals surface area contributed by atoms with Gasteiger partial charge in [0.2, 0.25) is 0 Å². The van der Waals surface area contributed by atoms with Gasteiger partial charge in [-0.2, -0.15) is 0 Å². The lowest BCUT2D eigenvalue weighted by Gasteiger charge is -2.18. The largest absolute Gasteiger partial charge is 0.464 e. The zero-order valence-corrected chi connectivity index (χ0v) is 21.7. The van der Waals surface area contributed by atoms with Crippen LogP contribution in [0.15, 0.2) is 61.1 Å². The molecule has 0 aliphatic heterocycles. The third-order valence-corrected chi connectivity index (χ3v) is 6.50. The summed E-state index contributed by atoms with van der Waals surface area (Å²) in [6.45, 7) is 8.80. The molecule has 0 aliphatic rings. The zero-order valence-electron chi connectivity index (χ0n) is 21.7. The molecule has 0 aliphatic carbocycles. The van der Waals surface area contributed by atoms with Crippen LogP contribution in [0.1, 0.15) is 89.2 Å². The standard InChI is InChI=1S/C32H42O2/c1-5-7-9-11-13-15-23-33-31-27-21-17-20-26(4)30(27)32(28-22-18-19-25(3)29(28)31)34-24-16-14-12-10-8-6-2/h15-24H,5-14H2,1-4H3/b23-15-,24-16-. The van der Waals surface area contributed by atoms with Gasteiger partial charge in [0.1, 0.15) is 11.5 Å². The summed E-state index contributed by atoms with van der Waals surface area (Å²) >= 11 is 0. The molecule has 0 radical (unpaired) electrons. The molecule has 0 amide bonds. The maximum Gasteiger partial charge on any atom is 0.142 e. The van der Waals surface area contributed by atoms with Crippen molar-refractivity contribution in [1.29, 1.82) is 0 Å². The second-order valence-corrected chi connectivity index (χ2v) is 9.33. The number of hydrogen-bond donors (Lipinski definition) is 0. The topological polar surface area (TPSA) is 18.5 Å². The van der Waals surface area contributed by atoms with Crippen molar-refractivity contribution in [2.75, 3.05) is 0 Å². The average Bonchev–Trinajstić information content (AvgIpc) is 2.84. The van der Waals surface area contributed by atoms with Crippen LogP contribution >= 0.6 is 0 Å². The molecule has 0 N–H and O–H groups in total. The van der Waals surface area contributed by atoms with Crippen molar-refractivity contribution >= 4 is 21.5 Å². The smallest absolute Gasteiger partial charge is 0.142 e. The Kier molecular flexibility index (Phi) is 10.5. The number of aryl methyl sites for hydroxylation is 2. The first-order valence-corrected chi connectivity index (χ1v) is 13.3. The third-order valence-electron chi connectivity index (χ3n) is 6.50. The first-order chi connectivity index (χ1) is 16.7. The van der Waals surface area contributed by atoms with Crippen LogP contribution in [-0.2, 0) is 0 Å². The van der Waals surface area contributed by atoms with Gasteiger partial charge >= 0.3 is 0 Å². The van der Waals surface area contributed by atoms with Gasteiger partial charge in [-0.1, -0.05) is 88.8 Å². The minimum absolute atomic E-state index is 0.924. The SMILES string of the molecule is CCCCCC/C=C\Oc1c2cccc(C)c2c(O/C=C\CCCCCC)c2cccc(C)c12. The summed E-state index contributed by atoms with van der Waals surface area (Å²) in [4.78, 5) is 0. The third kappa shape index (κ3) is 6.65. The molecule has 2 nitrogen and oxygen atoms in total. The number of allylic oxidation sites excluding steroid dienone is 2. The Morgan fingerprint density at radius 1 is 0.588 bits per heavy atom. The summed E-state index contributed by atoms with van der Waals surface area (Å²) in [6, 6.07) is 12.8. The molecule has 2 heteroatoms. The van der Waals surface area contributed by atoms with Gasteiger partial charge in [-0.05, 0) is 62.8 Å². The van der Waals surface area contributed by atoms with Crippen LogP contribution in [0.3, 0.4) is 0 Å². The van der Waals surface area contributed by atoms with Crippen molar-refractivity contribution < 1.29 is 9.47 Å². The van der Waals surface area contributed by atoms with Crippen molar-refractivity contribution in [2.24, 2.45) is 0 Å². The van der Waals surface area contributed by atoms with Gasteiger partial charge in [0.05, 0.1) is 12.5 Å². The van der Waals surface area contributed by atoms with Crippen molar-refractivity contribution in [1.82, 2.24) is 0 Å². The predicted molar refractivity (Wildman–Crippen MR) is 148 cm³/mol. The Bertz CT molecular complexity index is 1020. The second-order valence-electron chi connectivity index (χ2n) is 9.33. The molecular weight excluding hydrogens is 416 g/mol. The van der Waals surface area contributed by atoms with Gasteiger partial charge in [-0.15, -0.1) is 0 Å². The molecule has 0 saturated heterocycles. The minimum atomic E-state index is 0.924. The van der Waals surface area contributed by atoms with Crippen molar-refractivity contribution in [3.8, 4) is 11.5 Å². The van der Waals surface area contributed by atoms with Gasteiger partial charge < -0.3 is 9.47 Å². The average molecular weight is 459 g/mol. The van der Waals surface area contributed by atoms with Crippen LogP contribution in [0.4, 0.5) is 0 Å². The molecule has 0 atom stereocenters. The van der Waals surface area contributed by atoms with E-state index in [9.17, 15) is 0 Å². The highest BCUT2D eigenvalue weighted by Gasteiger charge is 2.18. The van der Waals surface area contributed by atoms with E-state index in [2.05, 4.69) is 76.2 Å². The first-order valence-electron chi connectivity index (χ1n) is 13.3. The normalized spacial score (nSPS) is 11.9. The molecule has 0 aromatic heterocycles. The molecular formula is C32H42O2. The van der Waals surface area contributed by atoms with E-state index < -0.39 is 0 Å². The number of hydrogen-bond acceptors (Lipinski definition) is 2.